The highest BCUT2D eigenvalue weighted by Crippen LogP contribution is 2.15. The van der Waals surface area contributed by atoms with Gasteiger partial charge in [0.2, 0.25) is 6.19 Å². The zero-order valence-electron chi connectivity index (χ0n) is 6.28. The van der Waals surface area contributed by atoms with Gasteiger partial charge in [0.15, 0.2) is 0 Å². The van der Waals surface area contributed by atoms with Crippen LogP contribution in [0.4, 0.5) is 0 Å². The van der Waals surface area contributed by atoms with Crippen LogP contribution >= 0.6 is 23.5 Å². The number of rotatable bonds is 2. The maximum Gasteiger partial charge on any atom is 0.207 e. The van der Waals surface area contributed by atoms with Gasteiger partial charge >= 0.3 is 0 Å². The summed E-state index contributed by atoms with van der Waals surface area (Å²) >= 11 is 2.69. The van der Waals surface area contributed by atoms with E-state index in [-0.39, 0.29) is 0 Å². The zero-order chi connectivity index (χ0) is 9.23. The summed E-state index contributed by atoms with van der Waals surface area (Å²) in [5, 5.41) is 8.27. The second-order valence-corrected chi connectivity index (χ2v) is 3.65. The average molecular weight is 194 g/mol. The third-order valence-electron chi connectivity index (χ3n) is 0.699. The number of hydrogen-bond acceptors (Lipinski definition) is 4. The molecule has 0 bridgehead atoms. The molecule has 0 saturated carbocycles. The summed E-state index contributed by atoms with van der Waals surface area (Å²) in [7, 11) is 0. The molecule has 12 heavy (non-hydrogen) atoms. The van der Waals surface area contributed by atoms with E-state index >= 15 is 0 Å². The second kappa shape index (κ2) is 8.08. The molecule has 0 aliphatic carbocycles. The topological polar surface area (TPSA) is 36.1 Å². The first kappa shape index (κ1) is 11.0. The Kier molecular flexibility index (Phi) is 7.39. The Balaban J connectivity index is 3.93. The molecule has 0 fully saturated rings. The van der Waals surface area contributed by atoms with E-state index in [0.29, 0.717) is 15.9 Å². The molecule has 0 aliphatic rings. The molecule has 0 spiro atoms. The van der Waals surface area contributed by atoms with Gasteiger partial charge in [-0.05, 0) is 0 Å². The lowest BCUT2D eigenvalue weighted by Gasteiger charge is -1.96. The van der Waals surface area contributed by atoms with Crippen molar-refractivity contribution in [1.29, 1.82) is 5.26 Å². The lowest BCUT2D eigenvalue weighted by Crippen LogP contribution is -1.87. The van der Waals surface area contributed by atoms with Crippen LogP contribution in [0.3, 0.4) is 0 Å². The molecule has 0 radical (unpaired) electrons. The molecular weight excluding hydrogens is 188 g/mol. The molecular formula is C8H6N2S2. The van der Waals surface area contributed by atoms with Crippen molar-refractivity contribution in [1.82, 2.24) is 0 Å². The zero-order valence-corrected chi connectivity index (χ0v) is 7.91. The molecule has 4 heteroatoms. The van der Waals surface area contributed by atoms with Crippen molar-refractivity contribution < 1.29 is 0 Å². The van der Waals surface area contributed by atoms with Crippen molar-refractivity contribution in [2.75, 3.05) is 11.5 Å². The Hall–Kier alpha value is -1.02. The van der Waals surface area contributed by atoms with E-state index in [4.69, 9.17) is 18.1 Å². The van der Waals surface area contributed by atoms with E-state index in [1.807, 2.05) is 0 Å². The van der Waals surface area contributed by atoms with Gasteiger partial charge in [-0.25, -0.2) is 0 Å². The monoisotopic (exact) mass is 194 g/mol. The van der Waals surface area contributed by atoms with E-state index in [1.165, 1.54) is 23.5 Å². The molecule has 0 heterocycles. The minimum absolute atomic E-state index is 0.512. The van der Waals surface area contributed by atoms with Crippen LogP contribution in [0.1, 0.15) is 0 Å². The highest BCUT2D eigenvalue weighted by Gasteiger charge is 1.98. The third kappa shape index (κ3) is 5.74. The van der Waals surface area contributed by atoms with E-state index < -0.39 is 0 Å². The molecule has 60 valence electrons. The van der Waals surface area contributed by atoms with Crippen LogP contribution in [0.25, 0.3) is 0 Å². The van der Waals surface area contributed by atoms with Gasteiger partial charge in [0.25, 0.3) is 0 Å². The van der Waals surface area contributed by atoms with Crippen molar-refractivity contribution in [3.05, 3.63) is 0 Å². The van der Waals surface area contributed by atoms with Gasteiger partial charge in [-0.3, -0.25) is 0 Å². The quantitative estimate of drug-likeness (QED) is 0.290. The predicted octanol–water partition coefficient (Wildman–Crippen LogP) is 1.56. The van der Waals surface area contributed by atoms with Crippen LogP contribution in [0.2, 0.25) is 0 Å². The summed E-state index contributed by atoms with van der Waals surface area (Å²) in [5.41, 5.74) is 0. The van der Waals surface area contributed by atoms with E-state index in [9.17, 15) is 0 Å². The number of terminal acetylenes is 2. The SMILES string of the molecule is C#CCSC(=NC#N)SCC#C. The Labute approximate surface area is 80.8 Å². The molecule has 0 aromatic heterocycles. The Morgan fingerprint density at radius 3 is 2.08 bits per heavy atom. The standard InChI is InChI=1S/C8H6N2S2/c1-3-5-11-8(10-7-9)12-6-4-2/h1-2H,5-6H2. The van der Waals surface area contributed by atoms with Crippen LogP contribution in [-0.4, -0.2) is 15.9 Å². The summed E-state index contributed by atoms with van der Waals surface area (Å²) in [5.74, 6) is 5.91. The van der Waals surface area contributed by atoms with Gasteiger partial charge in [-0.15, -0.1) is 12.8 Å². The number of nitrogens with zero attached hydrogens (tertiary/aromatic N) is 2. The fourth-order valence-electron chi connectivity index (χ4n) is 0.354. The smallest absolute Gasteiger partial charge is 0.170 e. The minimum Gasteiger partial charge on any atom is -0.170 e. The van der Waals surface area contributed by atoms with Crippen LogP contribution in [-0.2, 0) is 0 Å². The van der Waals surface area contributed by atoms with Crippen LogP contribution in [0, 0.1) is 36.1 Å². The maximum absolute atomic E-state index is 8.27. The first-order valence-electron chi connectivity index (χ1n) is 2.94. The molecule has 0 rings (SSSR count). The lowest BCUT2D eigenvalue weighted by molar-refractivity contribution is 1.45. The normalized spacial score (nSPS) is 7.42. The summed E-state index contributed by atoms with van der Waals surface area (Å²) in [6.45, 7) is 0. The van der Waals surface area contributed by atoms with Crippen molar-refractivity contribution >= 4 is 27.9 Å². The summed E-state index contributed by atoms with van der Waals surface area (Å²) in [4.78, 5) is 3.56. The molecule has 0 aromatic rings. The highest BCUT2D eigenvalue weighted by atomic mass is 32.2. The first-order chi connectivity index (χ1) is 5.85. The first-order valence-corrected chi connectivity index (χ1v) is 4.91. The molecule has 0 aromatic carbocycles. The van der Waals surface area contributed by atoms with Gasteiger partial charge < -0.3 is 0 Å². The van der Waals surface area contributed by atoms with Crippen LogP contribution in [0.15, 0.2) is 4.99 Å². The Morgan fingerprint density at radius 1 is 1.25 bits per heavy atom. The van der Waals surface area contributed by atoms with Crippen LogP contribution < -0.4 is 0 Å². The van der Waals surface area contributed by atoms with Crippen molar-refractivity contribution in [3.63, 3.8) is 0 Å². The van der Waals surface area contributed by atoms with Gasteiger partial charge in [-0.1, -0.05) is 35.4 Å². The number of thioether (sulfide) groups is 2. The van der Waals surface area contributed by atoms with Crippen LogP contribution in [0.5, 0.6) is 0 Å². The lowest BCUT2D eigenvalue weighted by atomic mass is 10.8. The molecule has 0 saturated heterocycles. The minimum atomic E-state index is 0.512. The summed E-state index contributed by atoms with van der Waals surface area (Å²) in [6.07, 6.45) is 11.8. The number of hydrogen-bond donors (Lipinski definition) is 0. The molecule has 0 atom stereocenters. The molecule has 0 aliphatic heterocycles. The van der Waals surface area contributed by atoms with Crippen molar-refractivity contribution in [3.8, 4) is 30.9 Å². The maximum atomic E-state index is 8.27. The van der Waals surface area contributed by atoms with E-state index in [1.54, 1.807) is 6.19 Å². The predicted molar refractivity (Wildman–Crippen MR) is 55.6 cm³/mol. The van der Waals surface area contributed by atoms with Gasteiger partial charge in [0.05, 0.1) is 11.5 Å². The van der Waals surface area contributed by atoms with Gasteiger partial charge in [0, 0.05) is 0 Å². The van der Waals surface area contributed by atoms with Gasteiger partial charge in [0.1, 0.15) is 4.38 Å². The van der Waals surface area contributed by atoms with Gasteiger partial charge in [-0.2, -0.15) is 10.3 Å². The van der Waals surface area contributed by atoms with Crippen molar-refractivity contribution in [2.45, 2.75) is 0 Å². The largest absolute Gasteiger partial charge is 0.207 e. The fourth-order valence-corrected chi connectivity index (χ4v) is 1.67. The average Bonchev–Trinajstić information content (AvgIpc) is 2.10. The Bertz CT molecular complexity index is 255. The summed E-state index contributed by atoms with van der Waals surface area (Å²) in [6, 6.07) is 0. The Morgan fingerprint density at radius 2 is 1.75 bits per heavy atom. The molecule has 0 N–H and O–H groups in total. The molecule has 0 unspecified atom stereocenters. The third-order valence-corrected chi connectivity index (χ3v) is 2.70. The van der Waals surface area contributed by atoms with Crippen molar-refractivity contribution in [2.24, 2.45) is 4.99 Å². The number of nitriles is 1. The van der Waals surface area contributed by atoms with E-state index in [0.717, 1.165) is 0 Å². The fraction of sp³-hybridized carbons (Fsp3) is 0.250. The summed E-state index contributed by atoms with van der Waals surface area (Å²) < 4.78 is 0.633. The molecule has 2 nitrogen and oxygen atoms in total. The highest BCUT2D eigenvalue weighted by molar-refractivity contribution is 8.39. The number of aliphatic imine (C=N–C) groups is 1. The second-order valence-electron chi connectivity index (χ2n) is 1.46. The molecule has 0 amide bonds. The van der Waals surface area contributed by atoms with E-state index in [2.05, 4.69) is 16.8 Å².